The predicted octanol–water partition coefficient (Wildman–Crippen LogP) is 2.26. The summed E-state index contributed by atoms with van der Waals surface area (Å²) in [5.41, 5.74) is 1.17. The maximum atomic E-state index is 12.0. The molecule has 2 heterocycles. The van der Waals surface area contributed by atoms with Crippen LogP contribution in [-0.4, -0.2) is 53.7 Å². The molecule has 0 atom stereocenters. The highest BCUT2D eigenvalue weighted by atomic mass is 35.5. The monoisotopic (exact) mass is 351 g/mol. The molecule has 0 aliphatic carbocycles. The van der Waals surface area contributed by atoms with E-state index in [1.807, 2.05) is 31.2 Å². The molecule has 23 heavy (non-hydrogen) atoms. The quantitative estimate of drug-likeness (QED) is 0.915. The fourth-order valence-electron chi connectivity index (χ4n) is 2.53. The van der Waals surface area contributed by atoms with Crippen LogP contribution >= 0.6 is 22.9 Å². The van der Waals surface area contributed by atoms with E-state index in [4.69, 9.17) is 11.6 Å². The third-order valence-electron chi connectivity index (χ3n) is 3.70. The van der Waals surface area contributed by atoms with Crippen molar-refractivity contribution in [2.45, 2.75) is 6.92 Å². The minimum Gasteiger partial charge on any atom is -0.369 e. The van der Waals surface area contributed by atoms with Crippen molar-refractivity contribution >= 4 is 39.7 Å². The summed E-state index contributed by atoms with van der Waals surface area (Å²) >= 11 is 7.30. The first-order chi connectivity index (χ1) is 11.1. The second-order valence-corrected chi connectivity index (χ2v) is 7.03. The number of aromatic nitrogens is 2. The smallest absolute Gasteiger partial charge is 0.240 e. The fraction of sp³-hybridized carbons (Fsp3) is 0.400. The van der Waals surface area contributed by atoms with Crippen LogP contribution in [0.1, 0.15) is 5.01 Å². The van der Waals surface area contributed by atoms with Crippen molar-refractivity contribution in [1.29, 1.82) is 0 Å². The number of carbonyl (C=O) groups excluding carboxylic acids is 1. The molecule has 0 saturated carbocycles. The van der Waals surface area contributed by atoms with E-state index in [1.165, 1.54) is 17.0 Å². The Morgan fingerprint density at radius 2 is 1.91 bits per heavy atom. The molecule has 0 radical (unpaired) electrons. The van der Waals surface area contributed by atoms with Gasteiger partial charge >= 0.3 is 0 Å². The van der Waals surface area contributed by atoms with Gasteiger partial charge in [-0.2, -0.15) is 0 Å². The van der Waals surface area contributed by atoms with Crippen LogP contribution in [0.25, 0.3) is 0 Å². The minimum atomic E-state index is -0.0407. The average Bonchev–Trinajstić information content (AvgIpc) is 2.94. The maximum Gasteiger partial charge on any atom is 0.240 e. The van der Waals surface area contributed by atoms with Gasteiger partial charge in [0.1, 0.15) is 5.01 Å². The van der Waals surface area contributed by atoms with Crippen LogP contribution in [0.3, 0.4) is 0 Å². The van der Waals surface area contributed by atoms with Gasteiger partial charge in [0.2, 0.25) is 11.0 Å². The number of nitrogens with zero attached hydrogens (tertiary/aromatic N) is 4. The van der Waals surface area contributed by atoms with Crippen molar-refractivity contribution in [3.63, 3.8) is 0 Å². The lowest BCUT2D eigenvalue weighted by Crippen LogP contribution is -2.48. The van der Waals surface area contributed by atoms with Gasteiger partial charge in [0, 0.05) is 36.9 Å². The molecule has 0 bridgehead atoms. The fourth-order valence-corrected chi connectivity index (χ4v) is 3.26. The van der Waals surface area contributed by atoms with E-state index in [0.717, 1.165) is 36.2 Å². The van der Waals surface area contributed by atoms with Crippen LogP contribution in [-0.2, 0) is 4.79 Å². The Balaban J connectivity index is 1.47. The lowest BCUT2D eigenvalue weighted by atomic mass is 10.2. The molecule has 6 nitrogen and oxygen atoms in total. The average molecular weight is 352 g/mol. The second-order valence-electron chi connectivity index (χ2n) is 5.41. The molecular weight excluding hydrogens is 334 g/mol. The number of aryl methyl sites for hydroxylation is 1. The van der Waals surface area contributed by atoms with Crippen molar-refractivity contribution in [3.8, 4) is 0 Å². The Labute approximate surface area is 144 Å². The molecule has 1 N–H and O–H groups in total. The van der Waals surface area contributed by atoms with Crippen molar-refractivity contribution in [1.82, 2.24) is 15.1 Å². The van der Waals surface area contributed by atoms with E-state index in [2.05, 4.69) is 25.3 Å². The van der Waals surface area contributed by atoms with E-state index in [-0.39, 0.29) is 5.91 Å². The number of piperazine rings is 1. The third kappa shape index (κ3) is 4.40. The number of hydrogen-bond donors (Lipinski definition) is 1. The molecule has 2 aromatic rings. The zero-order chi connectivity index (χ0) is 16.2. The first-order valence-corrected chi connectivity index (χ1v) is 8.62. The minimum absolute atomic E-state index is 0.0407. The number of benzene rings is 1. The largest absolute Gasteiger partial charge is 0.369 e. The topological polar surface area (TPSA) is 61.4 Å². The highest BCUT2D eigenvalue weighted by molar-refractivity contribution is 7.15. The van der Waals surface area contributed by atoms with Crippen molar-refractivity contribution < 1.29 is 4.79 Å². The summed E-state index contributed by atoms with van der Waals surface area (Å²) in [7, 11) is 0. The summed E-state index contributed by atoms with van der Waals surface area (Å²) in [6, 6.07) is 7.87. The van der Waals surface area contributed by atoms with Crippen LogP contribution in [0.4, 0.5) is 10.8 Å². The summed E-state index contributed by atoms with van der Waals surface area (Å²) in [4.78, 5) is 16.5. The van der Waals surface area contributed by atoms with E-state index < -0.39 is 0 Å². The first-order valence-electron chi connectivity index (χ1n) is 7.43. The second kappa shape index (κ2) is 7.25. The number of carbonyl (C=O) groups is 1. The Hall–Kier alpha value is -1.70. The van der Waals surface area contributed by atoms with Crippen LogP contribution in [0, 0.1) is 6.92 Å². The first kappa shape index (κ1) is 16.2. The van der Waals surface area contributed by atoms with E-state index in [1.54, 1.807) is 0 Å². The number of anilines is 2. The summed E-state index contributed by atoms with van der Waals surface area (Å²) in [6.07, 6.45) is 0. The molecule has 1 saturated heterocycles. The molecule has 1 fully saturated rings. The van der Waals surface area contributed by atoms with Crippen LogP contribution < -0.4 is 10.2 Å². The van der Waals surface area contributed by atoms with Gasteiger partial charge in [0.05, 0.1) is 6.54 Å². The zero-order valence-electron chi connectivity index (χ0n) is 12.8. The molecule has 8 heteroatoms. The van der Waals surface area contributed by atoms with Crippen LogP contribution in [0.15, 0.2) is 24.3 Å². The van der Waals surface area contributed by atoms with Gasteiger partial charge in [-0.05, 0) is 31.2 Å². The van der Waals surface area contributed by atoms with Crippen molar-refractivity contribution in [2.75, 3.05) is 42.9 Å². The summed E-state index contributed by atoms with van der Waals surface area (Å²) in [6.45, 7) is 5.74. The van der Waals surface area contributed by atoms with Gasteiger partial charge in [-0.25, -0.2) is 0 Å². The van der Waals surface area contributed by atoms with Crippen molar-refractivity contribution in [2.24, 2.45) is 0 Å². The molecule has 3 rings (SSSR count). The maximum absolute atomic E-state index is 12.0. The van der Waals surface area contributed by atoms with E-state index >= 15 is 0 Å². The van der Waals surface area contributed by atoms with Crippen LogP contribution in [0.2, 0.25) is 5.02 Å². The number of nitrogens with one attached hydrogen (secondary N) is 1. The number of amides is 1. The lowest BCUT2D eigenvalue weighted by molar-refractivity contribution is -0.117. The molecule has 1 amide bonds. The summed E-state index contributed by atoms with van der Waals surface area (Å²) in [5.74, 6) is -0.0407. The molecule has 0 unspecified atom stereocenters. The third-order valence-corrected chi connectivity index (χ3v) is 4.71. The predicted molar refractivity (Wildman–Crippen MR) is 93.4 cm³/mol. The zero-order valence-corrected chi connectivity index (χ0v) is 14.4. The number of rotatable bonds is 4. The van der Waals surface area contributed by atoms with Gasteiger partial charge in [-0.3, -0.25) is 15.0 Å². The molecule has 122 valence electrons. The van der Waals surface area contributed by atoms with Crippen molar-refractivity contribution in [3.05, 3.63) is 34.3 Å². The molecule has 0 spiro atoms. The molecule has 1 aliphatic rings. The normalized spacial score (nSPS) is 15.7. The van der Waals surface area contributed by atoms with E-state index in [0.29, 0.717) is 11.7 Å². The highest BCUT2D eigenvalue weighted by Gasteiger charge is 2.19. The Morgan fingerprint density at radius 1 is 1.22 bits per heavy atom. The van der Waals surface area contributed by atoms with Gasteiger partial charge in [0.15, 0.2) is 0 Å². The molecular formula is C15H18ClN5OS. The highest BCUT2D eigenvalue weighted by Crippen LogP contribution is 2.19. The molecule has 1 aliphatic heterocycles. The molecule has 1 aromatic heterocycles. The number of halogens is 1. The van der Waals surface area contributed by atoms with Gasteiger partial charge in [0.25, 0.3) is 0 Å². The Kier molecular flexibility index (Phi) is 5.09. The Bertz CT molecular complexity index is 667. The summed E-state index contributed by atoms with van der Waals surface area (Å²) in [5, 5.41) is 12.7. The number of hydrogen-bond acceptors (Lipinski definition) is 6. The van der Waals surface area contributed by atoms with Gasteiger partial charge in [-0.1, -0.05) is 22.9 Å². The van der Waals surface area contributed by atoms with Crippen LogP contribution in [0.5, 0.6) is 0 Å². The SMILES string of the molecule is Cc1nnc(NC(=O)CN2CCN(c3ccc(Cl)cc3)CC2)s1. The van der Waals surface area contributed by atoms with Gasteiger partial charge in [-0.15, -0.1) is 10.2 Å². The summed E-state index contributed by atoms with van der Waals surface area (Å²) < 4.78 is 0. The lowest BCUT2D eigenvalue weighted by Gasteiger charge is -2.35. The van der Waals surface area contributed by atoms with E-state index in [9.17, 15) is 4.79 Å². The molecule has 1 aromatic carbocycles. The standard InChI is InChI=1S/C15H18ClN5OS/c1-11-18-19-15(23-11)17-14(22)10-20-6-8-21(9-7-20)13-4-2-12(16)3-5-13/h2-5H,6-10H2,1H3,(H,17,19,22). The Morgan fingerprint density at radius 3 is 2.52 bits per heavy atom. The van der Waals surface area contributed by atoms with Gasteiger partial charge < -0.3 is 4.90 Å².